The SMILES string of the molecule is Cc1ccc(C(C)C)cc1Oc1ccc(Br)cc1CCN. The third-order valence-corrected chi connectivity index (χ3v) is 4.03. The van der Waals surface area contributed by atoms with Crippen molar-refractivity contribution in [1.82, 2.24) is 0 Å². The summed E-state index contributed by atoms with van der Waals surface area (Å²) >= 11 is 3.50. The second kappa shape index (κ2) is 7.10. The third kappa shape index (κ3) is 4.08. The van der Waals surface area contributed by atoms with E-state index in [-0.39, 0.29) is 0 Å². The van der Waals surface area contributed by atoms with E-state index in [1.54, 1.807) is 0 Å². The summed E-state index contributed by atoms with van der Waals surface area (Å²) in [6, 6.07) is 12.5. The maximum Gasteiger partial charge on any atom is 0.130 e. The van der Waals surface area contributed by atoms with E-state index in [0.29, 0.717) is 12.5 Å². The minimum atomic E-state index is 0.487. The summed E-state index contributed by atoms with van der Waals surface area (Å²) in [6.07, 6.45) is 0.803. The van der Waals surface area contributed by atoms with Crippen LogP contribution in [0.5, 0.6) is 11.5 Å². The molecule has 0 saturated heterocycles. The molecule has 112 valence electrons. The van der Waals surface area contributed by atoms with Crippen molar-refractivity contribution < 1.29 is 4.74 Å². The van der Waals surface area contributed by atoms with Crippen molar-refractivity contribution in [3.8, 4) is 11.5 Å². The zero-order chi connectivity index (χ0) is 15.4. The monoisotopic (exact) mass is 347 g/mol. The first-order valence-corrected chi connectivity index (χ1v) is 8.07. The fourth-order valence-electron chi connectivity index (χ4n) is 2.20. The Balaban J connectivity index is 2.35. The molecule has 0 bridgehead atoms. The van der Waals surface area contributed by atoms with Crippen LogP contribution in [0.15, 0.2) is 40.9 Å². The van der Waals surface area contributed by atoms with Gasteiger partial charge in [-0.3, -0.25) is 0 Å². The predicted octanol–water partition coefficient (Wildman–Crippen LogP) is 5.17. The molecule has 21 heavy (non-hydrogen) atoms. The van der Waals surface area contributed by atoms with Crippen LogP contribution in [0.1, 0.15) is 36.5 Å². The molecule has 2 nitrogen and oxygen atoms in total. The van der Waals surface area contributed by atoms with Crippen LogP contribution in [0, 0.1) is 6.92 Å². The first kappa shape index (κ1) is 16.1. The van der Waals surface area contributed by atoms with E-state index in [1.165, 1.54) is 5.56 Å². The molecular formula is C18H22BrNO. The van der Waals surface area contributed by atoms with Gasteiger partial charge in [-0.15, -0.1) is 0 Å². The lowest BCUT2D eigenvalue weighted by Gasteiger charge is -2.15. The van der Waals surface area contributed by atoms with Crippen LogP contribution >= 0.6 is 15.9 Å². The Labute approximate surface area is 135 Å². The lowest BCUT2D eigenvalue weighted by atomic mass is 10.0. The van der Waals surface area contributed by atoms with Crippen molar-refractivity contribution in [3.63, 3.8) is 0 Å². The highest BCUT2D eigenvalue weighted by atomic mass is 79.9. The highest BCUT2D eigenvalue weighted by Crippen LogP contribution is 2.32. The minimum Gasteiger partial charge on any atom is -0.457 e. The molecular weight excluding hydrogens is 326 g/mol. The van der Waals surface area contributed by atoms with E-state index in [1.807, 2.05) is 12.1 Å². The number of benzene rings is 2. The van der Waals surface area contributed by atoms with E-state index < -0.39 is 0 Å². The van der Waals surface area contributed by atoms with Crippen LogP contribution < -0.4 is 10.5 Å². The summed E-state index contributed by atoms with van der Waals surface area (Å²) in [7, 11) is 0. The van der Waals surface area contributed by atoms with Crippen LogP contribution in [0.2, 0.25) is 0 Å². The fourth-order valence-corrected chi connectivity index (χ4v) is 2.61. The van der Waals surface area contributed by atoms with Crippen molar-refractivity contribution in [3.05, 3.63) is 57.6 Å². The first-order valence-electron chi connectivity index (χ1n) is 7.28. The van der Waals surface area contributed by atoms with Crippen molar-refractivity contribution in [2.75, 3.05) is 6.54 Å². The smallest absolute Gasteiger partial charge is 0.130 e. The van der Waals surface area contributed by atoms with Crippen LogP contribution in [-0.2, 0) is 6.42 Å². The van der Waals surface area contributed by atoms with Crippen LogP contribution in [-0.4, -0.2) is 6.54 Å². The summed E-state index contributed by atoms with van der Waals surface area (Å²) in [5.74, 6) is 2.29. The van der Waals surface area contributed by atoms with Gasteiger partial charge in [-0.05, 0) is 66.8 Å². The van der Waals surface area contributed by atoms with Gasteiger partial charge in [0.25, 0.3) is 0 Å². The molecule has 0 fully saturated rings. The first-order chi connectivity index (χ1) is 10.0. The molecule has 0 saturated carbocycles. The molecule has 0 aliphatic rings. The molecule has 0 heterocycles. The Morgan fingerprint density at radius 1 is 1.10 bits per heavy atom. The lowest BCUT2D eigenvalue weighted by molar-refractivity contribution is 0.471. The highest BCUT2D eigenvalue weighted by molar-refractivity contribution is 9.10. The molecule has 0 unspecified atom stereocenters. The molecule has 2 N–H and O–H groups in total. The summed E-state index contributed by atoms with van der Waals surface area (Å²) in [5.41, 5.74) is 9.25. The molecule has 0 aliphatic heterocycles. The second-order valence-electron chi connectivity index (χ2n) is 5.57. The number of hydrogen-bond acceptors (Lipinski definition) is 2. The van der Waals surface area contributed by atoms with Gasteiger partial charge in [-0.1, -0.05) is 41.9 Å². The molecule has 0 atom stereocenters. The van der Waals surface area contributed by atoms with E-state index in [0.717, 1.165) is 33.5 Å². The molecule has 0 spiro atoms. The number of ether oxygens (including phenoxy) is 1. The van der Waals surface area contributed by atoms with Gasteiger partial charge in [-0.25, -0.2) is 0 Å². The Kier molecular flexibility index (Phi) is 5.43. The average Bonchev–Trinajstić information content (AvgIpc) is 2.44. The number of nitrogens with two attached hydrogens (primary N) is 1. The van der Waals surface area contributed by atoms with Crippen molar-refractivity contribution >= 4 is 15.9 Å². The quantitative estimate of drug-likeness (QED) is 0.809. The van der Waals surface area contributed by atoms with Crippen LogP contribution in [0.3, 0.4) is 0 Å². The third-order valence-electron chi connectivity index (χ3n) is 3.53. The van der Waals surface area contributed by atoms with E-state index >= 15 is 0 Å². The summed E-state index contributed by atoms with van der Waals surface area (Å²) in [5, 5.41) is 0. The zero-order valence-electron chi connectivity index (χ0n) is 12.8. The standard InChI is InChI=1S/C18H22BrNO/c1-12(2)14-5-4-13(3)18(11-14)21-17-7-6-16(19)10-15(17)8-9-20/h4-7,10-12H,8-9,20H2,1-3H3. The van der Waals surface area contributed by atoms with E-state index in [9.17, 15) is 0 Å². The number of rotatable bonds is 5. The molecule has 0 radical (unpaired) electrons. The van der Waals surface area contributed by atoms with Gasteiger partial charge in [0.05, 0.1) is 0 Å². The Morgan fingerprint density at radius 3 is 2.52 bits per heavy atom. The molecule has 2 rings (SSSR count). The maximum absolute atomic E-state index is 6.16. The summed E-state index contributed by atoms with van der Waals surface area (Å²) < 4.78 is 7.21. The van der Waals surface area contributed by atoms with Crippen LogP contribution in [0.25, 0.3) is 0 Å². The molecule has 3 heteroatoms. The predicted molar refractivity (Wildman–Crippen MR) is 92.2 cm³/mol. The lowest BCUT2D eigenvalue weighted by Crippen LogP contribution is -2.04. The van der Waals surface area contributed by atoms with Gasteiger partial charge in [0.2, 0.25) is 0 Å². The average molecular weight is 348 g/mol. The van der Waals surface area contributed by atoms with Crippen molar-refractivity contribution in [2.24, 2.45) is 5.73 Å². The molecule has 2 aromatic carbocycles. The fraction of sp³-hybridized carbons (Fsp3) is 0.333. The van der Waals surface area contributed by atoms with Gasteiger partial charge in [0, 0.05) is 4.47 Å². The maximum atomic E-state index is 6.16. The topological polar surface area (TPSA) is 35.2 Å². The number of aryl methyl sites for hydroxylation is 1. The molecule has 2 aromatic rings. The van der Waals surface area contributed by atoms with Gasteiger partial charge < -0.3 is 10.5 Å². The van der Waals surface area contributed by atoms with Crippen molar-refractivity contribution in [2.45, 2.75) is 33.1 Å². The molecule has 0 amide bonds. The normalized spacial score (nSPS) is 11.0. The van der Waals surface area contributed by atoms with Crippen molar-refractivity contribution in [1.29, 1.82) is 0 Å². The van der Waals surface area contributed by atoms with Gasteiger partial charge in [-0.2, -0.15) is 0 Å². The Bertz CT molecular complexity index is 623. The summed E-state index contributed by atoms with van der Waals surface area (Å²) in [4.78, 5) is 0. The zero-order valence-corrected chi connectivity index (χ0v) is 14.4. The van der Waals surface area contributed by atoms with Gasteiger partial charge in [0.15, 0.2) is 0 Å². The Morgan fingerprint density at radius 2 is 1.86 bits per heavy atom. The summed E-state index contributed by atoms with van der Waals surface area (Å²) in [6.45, 7) is 7.06. The minimum absolute atomic E-state index is 0.487. The Hall–Kier alpha value is -1.32. The largest absolute Gasteiger partial charge is 0.457 e. The van der Waals surface area contributed by atoms with E-state index in [4.69, 9.17) is 10.5 Å². The highest BCUT2D eigenvalue weighted by Gasteiger charge is 2.09. The molecule has 0 aromatic heterocycles. The number of halogens is 1. The van der Waals surface area contributed by atoms with Crippen LogP contribution in [0.4, 0.5) is 0 Å². The van der Waals surface area contributed by atoms with Gasteiger partial charge >= 0.3 is 0 Å². The van der Waals surface area contributed by atoms with Gasteiger partial charge in [0.1, 0.15) is 11.5 Å². The molecule has 0 aliphatic carbocycles. The number of hydrogen-bond donors (Lipinski definition) is 1. The van der Waals surface area contributed by atoms with E-state index in [2.05, 4.69) is 61.0 Å². The second-order valence-corrected chi connectivity index (χ2v) is 6.49.